The minimum atomic E-state index is -0.445. The van der Waals surface area contributed by atoms with Gasteiger partial charge in [-0.15, -0.1) is 0 Å². The molecular formula is C27H33N3O3. The van der Waals surface area contributed by atoms with Crippen molar-refractivity contribution in [3.05, 3.63) is 66.2 Å². The predicted octanol–water partition coefficient (Wildman–Crippen LogP) is 4.26. The van der Waals surface area contributed by atoms with Crippen LogP contribution in [0.1, 0.15) is 43.4 Å². The van der Waals surface area contributed by atoms with E-state index < -0.39 is 5.41 Å². The van der Waals surface area contributed by atoms with Gasteiger partial charge in [0.15, 0.2) is 0 Å². The fraction of sp³-hybridized carbons (Fsp3) is 0.481. The lowest BCUT2D eigenvalue weighted by Crippen LogP contribution is -2.50. The molecule has 0 bridgehead atoms. The molecule has 0 unspecified atom stereocenters. The van der Waals surface area contributed by atoms with E-state index in [0.29, 0.717) is 26.3 Å². The molecule has 1 atom stereocenters. The first kappa shape index (κ1) is 22.0. The second-order valence-electron chi connectivity index (χ2n) is 9.44. The van der Waals surface area contributed by atoms with E-state index in [1.54, 1.807) is 7.11 Å². The molecule has 0 spiro atoms. The van der Waals surface area contributed by atoms with Gasteiger partial charge in [0.05, 0.1) is 36.9 Å². The van der Waals surface area contributed by atoms with Crippen LogP contribution in [0.25, 0.3) is 5.52 Å². The zero-order valence-corrected chi connectivity index (χ0v) is 19.4. The Morgan fingerprint density at radius 1 is 1.15 bits per heavy atom. The van der Waals surface area contributed by atoms with Crippen LogP contribution in [0, 0.1) is 5.92 Å². The number of hydrogen-bond donors (Lipinski definition) is 0. The van der Waals surface area contributed by atoms with Gasteiger partial charge >= 0.3 is 0 Å². The molecule has 6 nitrogen and oxygen atoms in total. The van der Waals surface area contributed by atoms with Crippen molar-refractivity contribution in [2.75, 3.05) is 33.4 Å². The zero-order valence-electron chi connectivity index (χ0n) is 19.4. The van der Waals surface area contributed by atoms with Crippen molar-refractivity contribution in [2.24, 2.45) is 5.92 Å². The van der Waals surface area contributed by atoms with Gasteiger partial charge in [-0.05, 0) is 49.1 Å². The third-order valence-corrected chi connectivity index (χ3v) is 7.40. The second kappa shape index (κ2) is 9.56. The SMILES string of the molecule is COc1ccc(C2(C(=O)N3CCOC[C@@H](Cc4nccn5cccc45)C3)CCCCC2)cc1. The highest BCUT2D eigenvalue weighted by Gasteiger charge is 2.44. The molecule has 174 valence electrons. The highest BCUT2D eigenvalue weighted by atomic mass is 16.5. The Hall–Kier alpha value is -2.86. The number of ether oxygens (including phenoxy) is 2. The summed E-state index contributed by atoms with van der Waals surface area (Å²) in [5, 5.41) is 0. The maximum atomic E-state index is 14.2. The number of fused-ring (bicyclic) bond motifs is 1. The average molecular weight is 448 g/mol. The lowest BCUT2D eigenvalue weighted by molar-refractivity contribution is -0.139. The van der Waals surface area contributed by atoms with Crippen molar-refractivity contribution in [1.29, 1.82) is 0 Å². The summed E-state index contributed by atoms with van der Waals surface area (Å²) in [6.07, 6.45) is 11.9. The van der Waals surface area contributed by atoms with Crippen LogP contribution in [0.3, 0.4) is 0 Å². The van der Waals surface area contributed by atoms with E-state index in [1.807, 2.05) is 36.8 Å². The molecule has 1 aliphatic heterocycles. The lowest BCUT2D eigenvalue weighted by Gasteiger charge is -2.40. The molecular weight excluding hydrogens is 414 g/mol. The van der Waals surface area contributed by atoms with Crippen molar-refractivity contribution in [1.82, 2.24) is 14.3 Å². The average Bonchev–Trinajstić information content (AvgIpc) is 3.24. The summed E-state index contributed by atoms with van der Waals surface area (Å²) in [6.45, 7) is 2.60. The molecule has 6 heteroatoms. The summed E-state index contributed by atoms with van der Waals surface area (Å²) in [4.78, 5) is 20.9. The van der Waals surface area contributed by atoms with E-state index in [0.717, 1.165) is 54.6 Å². The van der Waals surface area contributed by atoms with Crippen molar-refractivity contribution in [3.63, 3.8) is 0 Å². The Kier molecular flexibility index (Phi) is 6.36. The van der Waals surface area contributed by atoms with Gasteiger partial charge < -0.3 is 18.8 Å². The Bertz CT molecular complexity index is 1090. The van der Waals surface area contributed by atoms with Crippen LogP contribution in [-0.2, 0) is 21.4 Å². The van der Waals surface area contributed by atoms with E-state index in [4.69, 9.17) is 9.47 Å². The first-order valence-electron chi connectivity index (χ1n) is 12.1. The van der Waals surface area contributed by atoms with Gasteiger partial charge in [-0.3, -0.25) is 9.78 Å². The van der Waals surface area contributed by atoms with Gasteiger partial charge in [0.2, 0.25) is 5.91 Å². The number of carbonyl (C=O) groups excluding carboxylic acids is 1. The maximum Gasteiger partial charge on any atom is 0.233 e. The van der Waals surface area contributed by atoms with Gasteiger partial charge in [-0.2, -0.15) is 0 Å². The van der Waals surface area contributed by atoms with Crippen LogP contribution >= 0.6 is 0 Å². The highest BCUT2D eigenvalue weighted by Crippen LogP contribution is 2.42. The lowest BCUT2D eigenvalue weighted by atomic mass is 9.68. The van der Waals surface area contributed by atoms with E-state index >= 15 is 0 Å². The number of amides is 1. The first-order chi connectivity index (χ1) is 16.2. The zero-order chi connectivity index (χ0) is 22.7. The highest BCUT2D eigenvalue weighted by molar-refractivity contribution is 5.88. The Morgan fingerprint density at radius 3 is 2.76 bits per heavy atom. The van der Waals surface area contributed by atoms with Crippen molar-refractivity contribution in [2.45, 2.75) is 43.9 Å². The van der Waals surface area contributed by atoms with Gasteiger partial charge in [-0.25, -0.2) is 0 Å². The number of methoxy groups -OCH3 is 1. The second-order valence-corrected chi connectivity index (χ2v) is 9.44. The number of benzene rings is 1. The van der Waals surface area contributed by atoms with Crippen LogP contribution < -0.4 is 4.74 Å². The Morgan fingerprint density at radius 2 is 1.97 bits per heavy atom. The Labute approximate surface area is 195 Å². The summed E-state index contributed by atoms with van der Waals surface area (Å²) < 4.78 is 13.4. The first-order valence-corrected chi connectivity index (χ1v) is 12.1. The van der Waals surface area contributed by atoms with Gasteiger partial charge in [0, 0.05) is 37.6 Å². The molecule has 33 heavy (non-hydrogen) atoms. The molecule has 5 rings (SSSR count). The van der Waals surface area contributed by atoms with Crippen molar-refractivity contribution >= 4 is 11.4 Å². The van der Waals surface area contributed by atoms with E-state index in [9.17, 15) is 4.79 Å². The third kappa shape index (κ3) is 4.36. The van der Waals surface area contributed by atoms with Gasteiger partial charge in [-0.1, -0.05) is 31.4 Å². The molecule has 3 aromatic rings. The summed E-state index contributed by atoms with van der Waals surface area (Å²) >= 11 is 0. The molecule has 2 fully saturated rings. The monoisotopic (exact) mass is 447 g/mol. The molecule has 0 N–H and O–H groups in total. The fourth-order valence-electron chi connectivity index (χ4n) is 5.64. The minimum absolute atomic E-state index is 0.224. The molecule has 1 saturated carbocycles. The van der Waals surface area contributed by atoms with E-state index in [1.165, 1.54) is 6.42 Å². The third-order valence-electron chi connectivity index (χ3n) is 7.40. The topological polar surface area (TPSA) is 56.1 Å². The van der Waals surface area contributed by atoms with Crippen LogP contribution in [0.4, 0.5) is 0 Å². The standard InChI is InChI=1S/C27H33N3O3/c1-32-23-9-7-22(8-10-23)27(11-3-2-4-12-27)26(31)30-16-17-33-20-21(19-30)18-24-25-6-5-14-29(25)15-13-28-24/h5-10,13-15,21H,2-4,11-12,16-20H2,1H3/t21-/m0/s1. The van der Waals surface area contributed by atoms with Crippen LogP contribution in [0.2, 0.25) is 0 Å². The van der Waals surface area contributed by atoms with Crippen LogP contribution in [0.5, 0.6) is 5.75 Å². The smallest absolute Gasteiger partial charge is 0.233 e. The largest absolute Gasteiger partial charge is 0.497 e. The number of aromatic nitrogens is 2. The predicted molar refractivity (Wildman–Crippen MR) is 128 cm³/mol. The molecule has 1 aromatic carbocycles. The maximum absolute atomic E-state index is 14.2. The molecule has 1 saturated heterocycles. The van der Waals surface area contributed by atoms with E-state index in [-0.39, 0.29) is 11.8 Å². The Balaban J connectivity index is 1.39. The number of carbonyl (C=O) groups is 1. The normalized spacial score (nSPS) is 21.0. The van der Waals surface area contributed by atoms with Crippen molar-refractivity contribution in [3.8, 4) is 5.75 Å². The fourth-order valence-corrected chi connectivity index (χ4v) is 5.64. The number of hydrogen-bond acceptors (Lipinski definition) is 4. The summed E-state index contributed by atoms with van der Waals surface area (Å²) in [5.41, 5.74) is 2.86. The summed E-state index contributed by atoms with van der Waals surface area (Å²) in [5.74, 6) is 1.31. The van der Waals surface area contributed by atoms with Crippen molar-refractivity contribution < 1.29 is 14.3 Å². The van der Waals surface area contributed by atoms with Crippen LogP contribution in [0.15, 0.2) is 55.0 Å². The molecule has 1 amide bonds. The molecule has 3 heterocycles. The quantitative estimate of drug-likeness (QED) is 0.586. The van der Waals surface area contributed by atoms with Crippen LogP contribution in [-0.4, -0.2) is 53.6 Å². The van der Waals surface area contributed by atoms with E-state index in [2.05, 4.69) is 32.5 Å². The number of rotatable bonds is 5. The summed E-state index contributed by atoms with van der Waals surface area (Å²) in [7, 11) is 1.68. The molecule has 2 aliphatic rings. The van der Waals surface area contributed by atoms with Gasteiger partial charge in [0.25, 0.3) is 0 Å². The molecule has 1 aliphatic carbocycles. The van der Waals surface area contributed by atoms with Gasteiger partial charge in [0.1, 0.15) is 5.75 Å². The minimum Gasteiger partial charge on any atom is -0.497 e. The molecule has 2 aromatic heterocycles. The summed E-state index contributed by atoms with van der Waals surface area (Å²) in [6, 6.07) is 12.3. The molecule has 0 radical (unpaired) electrons. The number of nitrogens with zero attached hydrogens (tertiary/aromatic N) is 3.